The summed E-state index contributed by atoms with van der Waals surface area (Å²) in [5.74, 6) is 0.0816. The van der Waals surface area contributed by atoms with Crippen molar-refractivity contribution < 1.29 is 9.59 Å². The first-order valence-electron chi connectivity index (χ1n) is 9.71. The van der Waals surface area contributed by atoms with Crippen LogP contribution in [0.2, 0.25) is 0 Å². The van der Waals surface area contributed by atoms with Crippen molar-refractivity contribution in [2.45, 2.75) is 40.2 Å². The number of likely N-dealkylation sites (tertiary alicyclic amines) is 1. The SMILES string of the molecule is Cc1ccc(C(=O)Nc2ccc(C)n(CC(=O)N3CCC[C@H](C)C3)c2=O)cc1. The zero-order valence-electron chi connectivity index (χ0n) is 16.7. The fraction of sp³-hybridized carbons (Fsp3) is 0.409. The van der Waals surface area contributed by atoms with Crippen LogP contribution in [0, 0.1) is 19.8 Å². The van der Waals surface area contributed by atoms with Crippen LogP contribution in [0.15, 0.2) is 41.2 Å². The normalized spacial score (nSPS) is 16.7. The zero-order chi connectivity index (χ0) is 20.3. The van der Waals surface area contributed by atoms with E-state index in [1.807, 2.05) is 24.0 Å². The van der Waals surface area contributed by atoms with Crippen molar-refractivity contribution in [2.75, 3.05) is 18.4 Å². The number of carbonyl (C=O) groups excluding carboxylic acids is 2. The third-order valence-corrected chi connectivity index (χ3v) is 5.26. The molecular weight excluding hydrogens is 354 g/mol. The van der Waals surface area contributed by atoms with Gasteiger partial charge in [-0.15, -0.1) is 0 Å². The van der Waals surface area contributed by atoms with Gasteiger partial charge in [0.05, 0.1) is 0 Å². The summed E-state index contributed by atoms with van der Waals surface area (Å²) in [5, 5.41) is 2.68. The van der Waals surface area contributed by atoms with E-state index in [1.165, 1.54) is 4.57 Å². The Kier molecular flexibility index (Phi) is 5.97. The minimum absolute atomic E-state index is 0.00830. The van der Waals surface area contributed by atoms with E-state index in [2.05, 4.69) is 12.2 Å². The quantitative estimate of drug-likeness (QED) is 0.885. The van der Waals surface area contributed by atoms with Gasteiger partial charge in [0.2, 0.25) is 5.91 Å². The van der Waals surface area contributed by atoms with E-state index in [1.54, 1.807) is 31.2 Å². The van der Waals surface area contributed by atoms with Crippen LogP contribution in [0.3, 0.4) is 0 Å². The van der Waals surface area contributed by atoms with Gasteiger partial charge in [-0.1, -0.05) is 24.6 Å². The van der Waals surface area contributed by atoms with Gasteiger partial charge in [0.15, 0.2) is 0 Å². The molecule has 1 fully saturated rings. The molecule has 6 nitrogen and oxygen atoms in total. The molecule has 148 valence electrons. The molecule has 2 heterocycles. The topological polar surface area (TPSA) is 71.4 Å². The number of amides is 2. The highest BCUT2D eigenvalue weighted by Gasteiger charge is 2.22. The number of hydrogen-bond donors (Lipinski definition) is 1. The molecule has 1 aromatic heterocycles. The van der Waals surface area contributed by atoms with E-state index in [0.29, 0.717) is 17.2 Å². The van der Waals surface area contributed by atoms with Crippen LogP contribution in [-0.4, -0.2) is 34.4 Å². The molecule has 1 aromatic carbocycles. The van der Waals surface area contributed by atoms with Gasteiger partial charge in [-0.05, 0) is 56.9 Å². The van der Waals surface area contributed by atoms with Gasteiger partial charge < -0.3 is 14.8 Å². The van der Waals surface area contributed by atoms with Crippen LogP contribution >= 0.6 is 0 Å². The molecule has 0 unspecified atom stereocenters. The molecule has 0 radical (unpaired) electrons. The number of hydrogen-bond acceptors (Lipinski definition) is 3. The van der Waals surface area contributed by atoms with Gasteiger partial charge in [-0.3, -0.25) is 14.4 Å². The maximum absolute atomic E-state index is 12.9. The number of anilines is 1. The second-order valence-corrected chi connectivity index (χ2v) is 7.69. The maximum atomic E-state index is 12.9. The molecule has 1 atom stereocenters. The number of aromatic nitrogens is 1. The molecule has 1 aliphatic heterocycles. The van der Waals surface area contributed by atoms with Crippen molar-refractivity contribution in [3.63, 3.8) is 0 Å². The van der Waals surface area contributed by atoms with Gasteiger partial charge in [-0.2, -0.15) is 0 Å². The molecule has 2 amide bonds. The third-order valence-electron chi connectivity index (χ3n) is 5.26. The van der Waals surface area contributed by atoms with Crippen molar-refractivity contribution >= 4 is 17.5 Å². The van der Waals surface area contributed by atoms with E-state index in [-0.39, 0.29) is 29.6 Å². The average molecular weight is 381 g/mol. The number of benzene rings is 1. The number of rotatable bonds is 4. The first kappa shape index (κ1) is 19.9. The lowest BCUT2D eigenvalue weighted by molar-refractivity contribution is -0.133. The van der Waals surface area contributed by atoms with Crippen molar-refractivity contribution in [1.82, 2.24) is 9.47 Å². The molecule has 0 bridgehead atoms. The first-order chi connectivity index (χ1) is 13.3. The number of aryl methyl sites for hydroxylation is 2. The van der Waals surface area contributed by atoms with Crippen LogP contribution in [0.25, 0.3) is 0 Å². The Labute approximate surface area is 165 Å². The Hall–Kier alpha value is -2.89. The summed E-state index contributed by atoms with van der Waals surface area (Å²) in [6.07, 6.45) is 2.12. The van der Waals surface area contributed by atoms with Gasteiger partial charge in [0, 0.05) is 24.3 Å². The van der Waals surface area contributed by atoms with Gasteiger partial charge in [0.25, 0.3) is 11.5 Å². The Morgan fingerprint density at radius 2 is 1.82 bits per heavy atom. The summed E-state index contributed by atoms with van der Waals surface area (Å²) < 4.78 is 1.44. The number of piperidine rings is 1. The molecule has 0 aliphatic carbocycles. The van der Waals surface area contributed by atoms with Crippen LogP contribution in [-0.2, 0) is 11.3 Å². The number of nitrogens with one attached hydrogen (secondary N) is 1. The van der Waals surface area contributed by atoms with Crippen molar-refractivity contribution in [3.8, 4) is 0 Å². The van der Waals surface area contributed by atoms with E-state index in [9.17, 15) is 14.4 Å². The predicted octanol–water partition coefficient (Wildman–Crippen LogP) is 2.98. The summed E-state index contributed by atoms with van der Waals surface area (Å²) in [4.78, 5) is 39.8. The van der Waals surface area contributed by atoms with Crippen molar-refractivity contribution in [1.29, 1.82) is 0 Å². The maximum Gasteiger partial charge on any atom is 0.274 e. The Morgan fingerprint density at radius 1 is 1.11 bits per heavy atom. The molecule has 0 spiro atoms. The lowest BCUT2D eigenvalue weighted by Crippen LogP contribution is -2.42. The highest BCUT2D eigenvalue weighted by Crippen LogP contribution is 2.16. The number of carbonyl (C=O) groups is 2. The average Bonchev–Trinajstić information content (AvgIpc) is 2.67. The number of pyridine rings is 1. The molecule has 1 N–H and O–H groups in total. The second-order valence-electron chi connectivity index (χ2n) is 7.69. The summed E-state index contributed by atoms with van der Waals surface area (Å²) in [7, 11) is 0. The summed E-state index contributed by atoms with van der Waals surface area (Å²) in [6.45, 7) is 7.33. The Bertz CT molecular complexity index is 931. The van der Waals surface area contributed by atoms with E-state index >= 15 is 0 Å². The van der Waals surface area contributed by atoms with E-state index in [4.69, 9.17) is 0 Å². The first-order valence-corrected chi connectivity index (χ1v) is 9.71. The summed E-state index contributed by atoms with van der Waals surface area (Å²) in [6, 6.07) is 10.5. The third kappa shape index (κ3) is 4.50. The molecule has 1 aliphatic rings. The van der Waals surface area contributed by atoms with Crippen molar-refractivity contribution in [3.05, 3.63) is 63.6 Å². The lowest BCUT2D eigenvalue weighted by Gasteiger charge is -2.31. The Morgan fingerprint density at radius 3 is 2.50 bits per heavy atom. The molecule has 1 saturated heterocycles. The van der Waals surface area contributed by atoms with E-state index < -0.39 is 0 Å². The smallest absolute Gasteiger partial charge is 0.274 e. The van der Waals surface area contributed by atoms with Gasteiger partial charge in [0.1, 0.15) is 12.2 Å². The fourth-order valence-electron chi connectivity index (χ4n) is 3.51. The molecule has 28 heavy (non-hydrogen) atoms. The van der Waals surface area contributed by atoms with Crippen LogP contribution in [0.4, 0.5) is 5.69 Å². The lowest BCUT2D eigenvalue weighted by atomic mass is 10.0. The summed E-state index contributed by atoms with van der Waals surface area (Å²) >= 11 is 0. The van der Waals surface area contributed by atoms with Crippen LogP contribution < -0.4 is 10.9 Å². The molecule has 2 aromatic rings. The largest absolute Gasteiger partial charge is 0.341 e. The van der Waals surface area contributed by atoms with Crippen LogP contribution in [0.1, 0.15) is 41.4 Å². The van der Waals surface area contributed by atoms with Gasteiger partial charge in [-0.25, -0.2) is 0 Å². The Balaban J connectivity index is 1.78. The zero-order valence-corrected chi connectivity index (χ0v) is 16.7. The fourth-order valence-corrected chi connectivity index (χ4v) is 3.51. The molecule has 6 heteroatoms. The monoisotopic (exact) mass is 381 g/mol. The van der Waals surface area contributed by atoms with Gasteiger partial charge >= 0.3 is 0 Å². The minimum Gasteiger partial charge on any atom is -0.341 e. The minimum atomic E-state index is -0.362. The molecule has 3 rings (SSSR count). The molecular formula is C22H27N3O3. The number of nitrogens with zero attached hydrogens (tertiary/aromatic N) is 2. The highest BCUT2D eigenvalue weighted by atomic mass is 16.2. The van der Waals surface area contributed by atoms with Crippen LogP contribution in [0.5, 0.6) is 0 Å². The van der Waals surface area contributed by atoms with Crippen molar-refractivity contribution in [2.24, 2.45) is 5.92 Å². The van der Waals surface area contributed by atoms with E-state index in [0.717, 1.165) is 31.5 Å². The summed E-state index contributed by atoms with van der Waals surface area (Å²) in [5.41, 5.74) is 2.04. The molecule has 0 saturated carbocycles. The second kappa shape index (κ2) is 8.42. The predicted molar refractivity (Wildman–Crippen MR) is 110 cm³/mol. The highest BCUT2D eigenvalue weighted by molar-refractivity contribution is 6.04. The standard InChI is InChI=1S/C22H27N3O3/c1-15-6-9-18(10-7-15)21(27)23-19-11-8-17(3)25(22(19)28)14-20(26)24-12-4-5-16(2)13-24/h6-11,16H,4-5,12-14H2,1-3H3,(H,23,27)/t16-/m0/s1.